The van der Waals surface area contributed by atoms with Gasteiger partial charge >= 0.3 is 0 Å². The number of methoxy groups -OCH3 is 2. The summed E-state index contributed by atoms with van der Waals surface area (Å²) in [4.78, 5) is 2.63. The van der Waals surface area contributed by atoms with Crippen molar-refractivity contribution in [1.29, 1.82) is 0 Å². The molecule has 0 amide bonds. The van der Waals surface area contributed by atoms with E-state index in [1.54, 1.807) is 14.2 Å². The summed E-state index contributed by atoms with van der Waals surface area (Å²) in [7, 11) is 5.38. The van der Waals surface area contributed by atoms with E-state index in [0.717, 1.165) is 48.1 Å². The summed E-state index contributed by atoms with van der Waals surface area (Å²) < 4.78 is 13.0. The number of ether oxygens (including phenoxy) is 2. The summed E-state index contributed by atoms with van der Waals surface area (Å²) in [6.07, 6.45) is 2.39. The third-order valence-corrected chi connectivity index (χ3v) is 8.08. The highest BCUT2D eigenvalue weighted by Crippen LogP contribution is 2.42. The molecule has 7 nitrogen and oxygen atoms in total. The van der Waals surface area contributed by atoms with E-state index < -0.39 is 0 Å². The predicted molar refractivity (Wildman–Crippen MR) is 153 cm³/mol. The molecule has 2 bridgehead atoms. The van der Waals surface area contributed by atoms with Gasteiger partial charge in [-0.3, -0.25) is 9.58 Å². The minimum Gasteiger partial charge on any atom is -0.493 e. The van der Waals surface area contributed by atoms with Crippen LogP contribution in [0, 0.1) is 19.8 Å². The Bertz CT molecular complexity index is 1270. The molecule has 3 aliphatic rings. The maximum atomic E-state index is 5.61. The average Bonchev–Trinajstić information content (AvgIpc) is 3.28. The molecule has 8 heteroatoms. The molecule has 4 unspecified atom stereocenters. The molecular formula is C29H37N5O2S. The Morgan fingerprint density at radius 1 is 1.05 bits per heavy atom. The minimum atomic E-state index is 0.483. The minimum absolute atomic E-state index is 0.483. The summed E-state index contributed by atoms with van der Waals surface area (Å²) in [5.74, 6) is 2.57. The molecule has 3 saturated heterocycles. The molecule has 3 fully saturated rings. The number of anilines is 1. The molecule has 1 aromatic heterocycles. The van der Waals surface area contributed by atoms with Crippen LogP contribution in [0.25, 0.3) is 11.3 Å². The molecule has 6 rings (SSSR count). The van der Waals surface area contributed by atoms with Gasteiger partial charge in [-0.15, -0.1) is 0 Å². The summed E-state index contributed by atoms with van der Waals surface area (Å²) in [5, 5.41) is 12.4. The van der Waals surface area contributed by atoms with Gasteiger partial charge < -0.3 is 20.1 Å². The zero-order chi connectivity index (χ0) is 26.1. The molecule has 0 saturated carbocycles. The van der Waals surface area contributed by atoms with Crippen LogP contribution in [0.15, 0.2) is 42.5 Å². The Labute approximate surface area is 225 Å². The number of nitrogens with zero attached hydrogens (tertiary/aromatic N) is 3. The van der Waals surface area contributed by atoms with Crippen molar-refractivity contribution in [1.82, 2.24) is 20.0 Å². The lowest BCUT2D eigenvalue weighted by Crippen LogP contribution is -2.56. The van der Waals surface area contributed by atoms with Crippen LogP contribution in [-0.2, 0) is 7.05 Å². The smallest absolute Gasteiger partial charge is 0.170 e. The van der Waals surface area contributed by atoms with Gasteiger partial charge in [0.15, 0.2) is 16.6 Å². The van der Waals surface area contributed by atoms with E-state index in [1.165, 1.54) is 29.7 Å². The molecular weight excluding hydrogens is 482 g/mol. The molecule has 0 spiro atoms. The second-order valence-electron chi connectivity index (χ2n) is 10.4. The number of thiocarbonyl (C=S) groups is 1. The maximum absolute atomic E-state index is 5.61. The number of nitrogens with one attached hydrogen (secondary N) is 2. The van der Waals surface area contributed by atoms with E-state index in [9.17, 15) is 0 Å². The summed E-state index contributed by atoms with van der Waals surface area (Å²) in [6.45, 7) is 7.28. The predicted octanol–water partition coefficient (Wildman–Crippen LogP) is 4.89. The van der Waals surface area contributed by atoms with Gasteiger partial charge in [0.05, 0.1) is 19.9 Å². The molecule has 196 valence electrons. The van der Waals surface area contributed by atoms with E-state index in [2.05, 4.69) is 65.4 Å². The standard InChI is InChI=1S/C29H37N5O2S/c1-18-10-19(2)12-22(11-18)31-29(37)30-16-23-13-20-8-9-34(23)17-24(20)26-15-25(32-33(26)3)21-6-7-27(35-4)28(14-21)36-5/h6-7,10-12,14-15,20,23-24H,8-9,13,16-17H2,1-5H3,(H2,30,31,37). The van der Waals surface area contributed by atoms with Crippen molar-refractivity contribution in [3.05, 3.63) is 59.3 Å². The zero-order valence-electron chi connectivity index (χ0n) is 22.4. The van der Waals surface area contributed by atoms with Crippen LogP contribution in [-0.4, -0.2) is 59.7 Å². The van der Waals surface area contributed by atoms with E-state index in [4.69, 9.17) is 26.8 Å². The Morgan fingerprint density at radius 2 is 1.81 bits per heavy atom. The van der Waals surface area contributed by atoms with E-state index >= 15 is 0 Å². The molecule has 3 aliphatic heterocycles. The summed E-state index contributed by atoms with van der Waals surface area (Å²) in [6, 6.07) is 15.1. The fourth-order valence-corrected chi connectivity index (χ4v) is 6.28. The quantitative estimate of drug-likeness (QED) is 0.431. The van der Waals surface area contributed by atoms with Crippen LogP contribution in [0.1, 0.15) is 35.6 Å². The number of rotatable bonds is 7. The van der Waals surface area contributed by atoms with Gasteiger partial charge in [-0.1, -0.05) is 6.07 Å². The first-order valence-electron chi connectivity index (χ1n) is 13.0. The van der Waals surface area contributed by atoms with Gasteiger partial charge in [-0.2, -0.15) is 5.10 Å². The second kappa shape index (κ2) is 10.7. The number of fused-ring (bicyclic) bond motifs is 3. The van der Waals surface area contributed by atoms with Crippen LogP contribution in [0.2, 0.25) is 0 Å². The van der Waals surface area contributed by atoms with Gasteiger partial charge in [0, 0.05) is 49.0 Å². The first-order valence-corrected chi connectivity index (χ1v) is 13.4. The molecule has 2 aromatic carbocycles. The number of hydrogen-bond acceptors (Lipinski definition) is 5. The zero-order valence-corrected chi connectivity index (χ0v) is 23.2. The van der Waals surface area contributed by atoms with Gasteiger partial charge in [0.25, 0.3) is 0 Å². The lowest BCUT2D eigenvalue weighted by atomic mass is 9.74. The van der Waals surface area contributed by atoms with Gasteiger partial charge in [-0.25, -0.2) is 0 Å². The fraction of sp³-hybridized carbons (Fsp3) is 0.448. The molecule has 3 aromatic rings. The number of benzene rings is 2. The van der Waals surface area contributed by atoms with Crippen molar-refractivity contribution in [2.75, 3.05) is 39.2 Å². The monoisotopic (exact) mass is 519 g/mol. The van der Waals surface area contributed by atoms with Gasteiger partial charge in [0.1, 0.15) is 0 Å². The van der Waals surface area contributed by atoms with Crippen molar-refractivity contribution in [2.45, 2.75) is 38.6 Å². The van der Waals surface area contributed by atoms with E-state index in [-0.39, 0.29) is 0 Å². The number of aryl methyl sites for hydroxylation is 3. The van der Waals surface area contributed by atoms with E-state index in [0.29, 0.717) is 23.0 Å². The van der Waals surface area contributed by atoms with Gasteiger partial charge in [-0.05, 0) is 98.9 Å². The molecule has 2 N–H and O–H groups in total. The Balaban J connectivity index is 1.23. The topological polar surface area (TPSA) is 63.6 Å². The molecule has 4 heterocycles. The highest BCUT2D eigenvalue weighted by Gasteiger charge is 2.41. The van der Waals surface area contributed by atoms with Crippen molar-refractivity contribution < 1.29 is 9.47 Å². The van der Waals surface area contributed by atoms with E-state index in [1.807, 2.05) is 18.2 Å². The highest BCUT2D eigenvalue weighted by molar-refractivity contribution is 7.80. The van der Waals surface area contributed by atoms with Crippen LogP contribution in [0.3, 0.4) is 0 Å². The van der Waals surface area contributed by atoms with Gasteiger partial charge in [0.2, 0.25) is 0 Å². The van der Waals surface area contributed by atoms with Crippen LogP contribution < -0.4 is 20.1 Å². The highest BCUT2D eigenvalue weighted by atomic mass is 32.1. The first kappa shape index (κ1) is 25.5. The third-order valence-electron chi connectivity index (χ3n) is 7.83. The molecule has 37 heavy (non-hydrogen) atoms. The average molecular weight is 520 g/mol. The van der Waals surface area contributed by atoms with Crippen molar-refractivity contribution >= 4 is 23.0 Å². The normalized spacial score (nSPS) is 22.5. The molecule has 0 radical (unpaired) electrons. The lowest BCUT2D eigenvalue weighted by Gasteiger charge is -2.50. The summed E-state index contributed by atoms with van der Waals surface area (Å²) >= 11 is 5.61. The third kappa shape index (κ3) is 5.45. The van der Waals surface area contributed by atoms with Crippen molar-refractivity contribution in [2.24, 2.45) is 13.0 Å². The number of hydrogen-bond donors (Lipinski definition) is 2. The molecule has 0 aliphatic carbocycles. The Hall–Kier alpha value is -3.10. The number of piperidine rings is 3. The lowest BCUT2D eigenvalue weighted by molar-refractivity contribution is 0.0303. The Morgan fingerprint density at radius 3 is 2.49 bits per heavy atom. The van der Waals surface area contributed by atoms with Crippen LogP contribution in [0.5, 0.6) is 11.5 Å². The maximum Gasteiger partial charge on any atom is 0.170 e. The summed E-state index contributed by atoms with van der Waals surface area (Å²) in [5.41, 5.74) is 6.82. The SMILES string of the molecule is COc1ccc(-c2cc(C3CN4CCC3CC4CNC(=S)Nc3cc(C)cc(C)c3)n(C)n2)cc1OC. The van der Waals surface area contributed by atoms with Crippen LogP contribution >= 0.6 is 12.2 Å². The van der Waals surface area contributed by atoms with Crippen molar-refractivity contribution in [3.8, 4) is 22.8 Å². The first-order chi connectivity index (χ1) is 17.8. The Kier molecular flexibility index (Phi) is 7.40. The van der Waals surface area contributed by atoms with Crippen molar-refractivity contribution in [3.63, 3.8) is 0 Å². The largest absolute Gasteiger partial charge is 0.493 e. The van der Waals surface area contributed by atoms with Crippen LogP contribution in [0.4, 0.5) is 5.69 Å². The second-order valence-corrected chi connectivity index (χ2v) is 10.8. The molecule has 4 atom stereocenters. The number of aromatic nitrogens is 2. The fourth-order valence-electron chi connectivity index (χ4n) is 6.08.